The Balaban J connectivity index is 3.79. The van der Waals surface area contributed by atoms with Gasteiger partial charge in [0.1, 0.15) is 0 Å². The normalized spacial score (nSPS) is 15.7. The van der Waals surface area contributed by atoms with E-state index in [1.807, 2.05) is 20.8 Å². The number of methoxy groups -OCH3 is 1. The molecule has 0 aromatic heterocycles. The molecule has 1 N–H and O–H groups in total. The summed E-state index contributed by atoms with van der Waals surface area (Å²) in [6.07, 6.45) is -0.0440. The van der Waals surface area contributed by atoms with Crippen LogP contribution in [0.25, 0.3) is 0 Å². The highest BCUT2D eigenvalue weighted by atomic mass is 16.5. The number of aliphatic hydroxyl groups excluding tert-OH is 1. The lowest BCUT2D eigenvalue weighted by Gasteiger charge is -2.27. The van der Waals surface area contributed by atoms with Gasteiger partial charge in [-0.1, -0.05) is 20.8 Å². The zero-order valence-corrected chi connectivity index (χ0v) is 6.64. The van der Waals surface area contributed by atoms with E-state index in [4.69, 9.17) is 9.84 Å². The summed E-state index contributed by atoms with van der Waals surface area (Å²) < 4.78 is 5.01. The van der Waals surface area contributed by atoms with Crippen LogP contribution < -0.4 is 0 Å². The summed E-state index contributed by atoms with van der Waals surface area (Å²) in [7, 11) is 1.62. The third kappa shape index (κ3) is 2.82. The first-order valence-electron chi connectivity index (χ1n) is 3.16. The second kappa shape index (κ2) is 3.18. The van der Waals surface area contributed by atoms with E-state index < -0.39 is 0 Å². The van der Waals surface area contributed by atoms with Gasteiger partial charge in [-0.15, -0.1) is 0 Å². The summed E-state index contributed by atoms with van der Waals surface area (Å²) in [5, 5.41) is 8.74. The summed E-state index contributed by atoms with van der Waals surface area (Å²) in [5.74, 6) is 0. The maximum Gasteiger partial charge on any atom is 0.0850 e. The van der Waals surface area contributed by atoms with Gasteiger partial charge in [-0.3, -0.25) is 0 Å². The lowest BCUT2D eigenvalue weighted by molar-refractivity contribution is -0.0218. The van der Waals surface area contributed by atoms with E-state index in [2.05, 4.69) is 0 Å². The van der Waals surface area contributed by atoms with Gasteiger partial charge in [0.05, 0.1) is 12.7 Å². The fraction of sp³-hybridized carbons (Fsp3) is 1.00. The fourth-order valence-corrected chi connectivity index (χ4v) is 0.702. The standard InChI is InChI=1S/C7H16O2/c1-7(2,3)6(5-8)9-4/h6,8H,5H2,1-4H3. The summed E-state index contributed by atoms with van der Waals surface area (Å²) in [5.41, 5.74) is 0.0451. The third-order valence-corrected chi connectivity index (χ3v) is 1.42. The number of hydrogen-bond donors (Lipinski definition) is 1. The highest BCUT2D eigenvalue weighted by Gasteiger charge is 2.22. The zero-order chi connectivity index (χ0) is 7.49. The topological polar surface area (TPSA) is 29.5 Å². The molecule has 0 aliphatic heterocycles. The van der Waals surface area contributed by atoms with E-state index in [-0.39, 0.29) is 18.1 Å². The SMILES string of the molecule is COC(CO)C(C)(C)C. The minimum atomic E-state index is -0.0440. The average molecular weight is 132 g/mol. The van der Waals surface area contributed by atoms with Gasteiger partial charge in [0.15, 0.2) is 0 Å². The number of aliphatic hydroxyl groups is 1. The molecule has 0 amide bonds. The van der Waals surface area contributed by atoms with Gasteiger partial charge in [-0.2, -0.15) is 0 Å². The van der Waals surface area contributed by atoms with Crippen molar-refractivity contribution in [1.29, 1.82) is 0 Å². The van der Waals surface area contributed by atoms with E-state index in [0.29, 0.717) is 0 Å². The predicted octanol–water partition coefficient (Wildman–Crippen LogP) is 1.04. The molecular weight excluding hydrogens is 116 g/mol. The van der Waals surface area contributed by atoms with Crippen LogP contribution in [0.5, 0.6) is 0 Å². The van der Waals surface area contributed by atoms with Crippen molar-refractivity contribution in [1.82, 2.24) is 0 Å². The molecule has 0 saturated heterocycles. The summed E-state index contributed by atoms with van der Waals surface area (Å²) in [6, 6.07) is 0. The molecule has 1 unspecified atom stereocenters. The lowest BCUT2D eigenvalue weighted by atomic mass is 9.90. The molecule has 2 heteroatoms. The van der Waals surface area contributed by atoms with Gasteiger partial charge < -0.3 is 9.84 Å². The molecule has 56 valence electrons. The highest BCUT2D eigenvalue weighted by Crippen LogP contribution is 2.20. The number of rotatable bonds is 2. The van der Waals surface area contributed by atoms with Crippen LogP contribution in [0.15, 0.2) is 0 Å². The smallest absolute Gasteiger partial charge is 0.0850 e. The minimum Gasteiger partial charge on any atom is -0.394 e. The highest BCUT2D eigenvalue weighted by molar-refractivity contribution is 4.72. The van der Waals surface area contributed by atoms with Crippen molar-refractivity contribution in [3.8, 4) is 0 Å². The van der Waals surface area contributed by atoms with E-state index in [1.165, 1.54) is 0 Å². The van der Waals surface area contributed by atoms with Gasteiger partial charge in [0, 0.05) is 7.11 Å². The van der Waals surface area contributed by atoms with Crippen molar-refractivity contribution in [3.63, 3.8) is 0 Å². The number of ether oxygens (including phenoxy) is 1. The minimum absolute atomic E-state index is 0.0440. The van der Waals surface area contributed by atoms with Crippen molar-refractivity contribution < 1.29 is 9.84 Å². The molecule has 0 aliphatic rings. The van der Waals surface area contributed by atoms with E-state index in [1.54, 1.807) is 7.11 Å². The second-order valence-electron chi connectivity index (χ2n) is 3.27. The molecule has 0 aromatic carbocycles. The first-order chi connectivity index (χ1) is 4.02. The molecule has 9 heavy (non-hydrogen) atoms. The Morgan fingerprint density at radius 3 is 1.89 bits per heavy atom. The van der Waals surface area contributed by atoms with Crippen LogP contribution in [0.2, 0.25) is 0 Å². The van der Waals surface area contributed by atoms with Gasteiger partial charge in [0.25, 0.3) is 0 Å². The molecular formula is C7H16O2. The molecule has 0 radical (unpaired) electrons. The summed E-state index contributed by atoms with van der Waals surface area (Å²) in [6.45, 7) is 6.21. The van der Waals surface area contributed by atoms with Gasteiger partial charge >= 0.3 is 0 Å². The molecule has 0 spiro atoms. The Bertz CT molecular complexity index is 69.5. The molecule has 0 fully saturated rings. The monoisotopic (exact) mass is 132 g/mol. The zero-order valence-electron chi connectivity index (χ0n) is 6.64. The molecule has 0 aromatic rings. The molecule has 0 saturated carbocycles. The Morgan fingerprint density at radius 2 is 1.89 bits per heavy atom. The Hall–Kier alpha value is -0.0800. The van der Waals surface area contributed by atoms with Crippen LogP contribution in [-0.4, -0.2) is 24.9 Å². The second-order valence-corrected chi connectivity index (χ2v) is 3.27. The Kier molecular flexibility index (Phi) is 3.15. The first-order valence-corrected chi connectivity index (χ1v) is 3.16. The van der Waals surface area contributed by atoms with Crippen LogP contribution in [0, 0.1) is 5.41 Å². The fourth-order valence-electron chi connectivity index (χ4n) is 0.702. The van der Waals surface area contributed by atoms with Crippen LogP contribution in [0.3, 0.4) is 0 Å². The van der Waals surface area contributed by atoms with Crippen LogP contribution in [-0.2, 0) is 4.74 Å². The van der Waals surface area contributed by atoms with Gasteiger partial charge in [-0.05, 0) is 5.41 Å². The largest absolute Gasteiger partial charge is 0.394 e. The van der Waals surface area contributed by atoms with Crippen molar-refractivity contribution in [2.24, 2.45) is 5.41 Å². The summed E-state index contributed by atoms with van der Waals surface area (Å²) >= 11 is 0. The van der Waals surface area contributed by atoms with Crippen LogP contribution in [0.1, 0.15) is 20.8 Å². The Morgan fingerprint density at radius 1 is 1.44 bits per heavy atom. The van der Waals surface area contributed by atoms with Gasteiger partial charge in [-0.25, -0.2) is 0 Å². The van der Waals surface area contributed by atoms with Crippen molar-refractivity contribution in [2.45, 2.75) is 26.9 Å². The quantitative estimate of drug-likeness (QED) is 0.608. The molecule has 1 atom stereocenters. The molecule has 2 nitrogen and oxygen atoms in total. The molecule has 0 heterocycles. The van der Waals surface area contributed by atoms with Crippen LogP contribution in [0.4, 0.5) is 0 Å². The first kappa shape index (κ1) is 8.92. The molecule has 0 aliphatic carbocycles. The lowest BCUT2D eigenvalue weighted by Crippen LogP contribution is -2.31. The predicted molar refractivity (Wildman–Crippen MR) is 37.3 cm³/mol. The maximum atomic E-state index is 8.74. The van der Waals surface area contributed by atoms with Gasteiger partial charge in [0.2, 0.25) is 0 Å². The van der Waals surface area contributed by atoms with Crippen molar-refractivity contribution in [3.05, 3.63) is 0 Å². The molecule has 0 bridgehead atoms. The number of hydrogen-bond acceptors (Lipinski definition) is 2. The van der Waals surface area contributed by atoms with Crippen molar-refractivity contribution in [2.75, 3.05) is 13.7 Å². The van der Waals surface area contributed by atoms with E-state index in [9.17, 15) is 0 Å². The van der Waals surface area contributed by atoms with E-state index in [0.717, 1.165) is 0 Å². The van der Waals surface area contributed by atoms with Crippen molar-refractivity contribution >= 4 is 0 Å². The van der Waals surface area contributed by atoms with Crippen LogP contribution >= 0.6 is 0 Å². The maximum absolute atomic E-state index is 8.74. The summed E-state index contributed by atoms with van der Waals surface area (Å²) in [4.78, 5) is 0. The average Bonchev–Trinajstić information content (AvgIpc) is 1.65. The molecule has 0 rings (SSSR count). The third-order valence-electron chi connectivity index (χ3n) is 1.42. The van der Waals surface area contributed by atoms with E-state index >= 15 is 0 Å². The Labute approximate surface area is 56.8 Å².